The first-order chi connectivity index (χ1) is 15.5. The lowest BCUT2D eigenvalue weighted by molar-refractivity contribution is -0.384. The predicted octanol–water partition coefficient (Wildman–Crippen LogP) is 5.25. The second-order valence-corrected chi connectivity index (χ2v) is 7.39. The van der Waals surface area contributed by atoms with E-state index in [4.69, 9.17) is 13.9 Å². The summed E-state index contributed by atoms with van der Waals surface area (Å²) in [6.07, 6.45) is 0. The van der Waals surface area contributed by atoms with Crippen LogP contribution in [0.25, 0.3) is 22.6 Å². The molecule has 1 amide bonds. The Morgan fingerprint density at radius 2 is 1.88 bits per heavy atom. The number of carbonyl (C=O) groups excluding carboxylic acids is 1. The van der Waals surface area contributed by atoms with Crippen LogP contribution in [0.3, 0.4) is 0 Å². The van der Waals surface area contributed by atoms with Crippen LogP contribution >= 0.6 is 11.3 Å². The number of furan rings is 1. The third-order valence-corrected chi connectivity index (χ3v) is 5.33. The van der Waals surface area contributed by atoms with Gasteiger partial charge in [0.25, 0.3) is 11.6 Å². The Kier molecular flexibility index (Phi) is 5.86. The molecule has 0 aliphatic heterocycles. The second kappa shape index (κ2) is 8.90. The lowest BCUT2D eigenvalue weighted by atomic mass is 10.1. The van der Waals surface area contributed by atoms with Gasteiger partial charge in [0.1, 0.15) is 5.76 Å². The topological polar surface area (TPSA) is 117 Å². The summed E-state index contributed by atoms with van der Waals surface area (Å²) in [6, 6.07) is 14.5. The molecule has 2 aromatic heterocycles. The number of ether oxygens (including phenoxy) is 2. The minimum absolute atomic E-state index is 0.0598. The van der Waals surface area contributed by atoms with Crippen molar-refractivity contribution in [3.63, 3.8) is 0 Å². The molecule has 2 aromatic carbocycles. The summed E-state index contributed by atoms with van der Waals surface area (Å²) in [5.41, 5.74) is 1.92. The molecule has 0 saturated heterocycles. The maximum Gasteiger partial charge on any atom is 0.293 e. The number of nitrogens with one attached hydrogen (secondary N) is 1. The summed E-state index contributed by atoms with van der Waals surface area (Å²) in [6.45, 7) is 0. The maximum absolute atomic E-state index is 12.6. The molecule has 0 radical (unpaired) electrons. The summed E-state index contributed by atoms with van der Waals surface area (Å²) < 4.78 is 16.2. The summed E-state index contributed by atoms with van der Waals surface area (Å²) in [5, 5.41) is 15.9. The molecule has 0 fully saturated rings. The van der Waals surface area contributed by atoms with Crippen LogP contribution in [0.1, 0.15) is 10.6 Å². The molecule has 2 heterocycles. The van der Waals surface area contributed by atoms with Crippen LogP contribution < -0.4 is 14.8 Å². The van der Waals surface area contributed by atoms with Gasteiger partial charge in [0.15, 0.2) is 22.4 Å². The monoisotopic (exact) mass is 451 g/mol. The van der Waals surface area contributed by atoms with Gasteiger partial charge >= 0.3 is 0 Å². The summed E-state index contributed by atoms with van der Waals surface area (Å²) in [7, 11) is 3.12. The van der Waals surface area contributed by atoms with Gasteiger partial charge in [-0.25, -0.2) is 4.98 Å². The van der Waals surface area contributed by atoms with Gasteiger partial charge in [-0.05, 0) is 30.3 Å². The Hall–Kier alpha value is -4.18. The first kappa shape index (κ1) is 21.1. The fourth-order valence-corrected chi connectivity index (χ4v) is 3.72. The highest BCUT2D eigenvalue weighted by atomic mass is 32.1. The van der Waals surface area contributed by atoms with E-state index >= 15 is 0 Å². The lowest BCUT2D eigenvalue weighted by Crippen LogP contribution is -2.10. The molecule has 0 aliphatic rings. The van der Waals surface area contributed by atoms with Crippen LogP contribution in [0.15, 0.2) is 64.4 Å². The molecule has 0 atom stereocenters. The van der Waals surface area contributed by atoms with E-state index in [9.17, 15) is 14.9 Å². The van der Waals surface area contributed by atoms with Crippen molar-refractivity contribution < 1.29 is 23.6 Å². The third kappa shape index (κ3) is 4.30. The first-order valence-corrected chi connectivity index (χ1v) is 10.2. The fourth-order valence-electron chi connectivity index (χ4n) is 3.01. The van der Waals surface area contributed by atoms with Gasteiger partial charge in [-0.2, -0.15) is 0 Å². The van der Waals surface area contributed by atoms with E-state index < -0.39 is 10.8 Å². The van der Waals surface area contributed by atoms with Gasteiger partial charge in [-0.3, -0.25) is 20.2 Å². The van der Waals surface area contributed by atoms with Gasteiger partial charge in [0.2, 0.25) is 0 Å². The maximum atomic E-state index is 12.6. The van der Waals surface area contributed by atoms with E-state index in [1.165, 1.54) is 29.5 Å². The Labute approximate surface area is 186 Å². The molecule has 4 aromatic rings. The normalized spacial score (nSPS) is 10.6. The molecule has 0 spiro atoms. The molecular weight excluding hydrogens is 434 g/mol. The van der Waals surface area contributed by atoms with Crippen molar-refractivity contribution in [3.05, 3.63) is 75.9 Å². The molecule has 9 nitrogen and oxygen atoms in total. The number of hydrogen-bond acceptors (Lipinski definition) is 8. The zero-order valence-electron chi connectivity index (χ0n) is 17.0. The van der Waals surface area contributed by atoms with Crippen molar-refractivity contribution in [2.75, 3.05) is 19.5 Å². The first-order valence-electron chi connectivity index (χ1n) is 9.32. The molecule has 0 saturated carbocycles. The van der Waals surface area contributed by atoms with E-state index in [-0.39, 0.29) is 11.4 Å². The van der Waals surface area contributed by atoms with Crippen molar-refractivity contribution >= 4 is 28.1 Å². The number of nitrogens with zero attached hydrogens (tertiary/aromatic N) is 2. The van der Waals surface area contributed by atoms with Crippen molar-refractivity contribution in [1.82, 2.24) is 4.98 Å². The summed E-state index contributed by atoms with van der Waals surface area (Å²) in [5.74, 6) is 1.12. The van der Waals surface area contributed by atoms with E-state index in [1.54, 1.807) is 44.6 Å². The van der Waals surface area contributed by atoms with E-state index in [0.717, 1.165) is 5.56 Å². The van der Waals surface area contributed by atoms with Crippen molar-refractivity contribution in [2.24, 2.45) is 0 Å². The van der Waals surface area contributed by atoms with Gasteiger partial charge < -0.3 is 13.9 Å². The third-order valence-electron chi connectivity index (χ3n) is 4.58. The summed E-state index contributed by atoms with van der Waals surface area (Å²) in [4.78, 5) is 27.5. The zero-order valence-corrected chi connectivity index (χ0v) is 17.8. The van der Waals surface area contributed by atoms with Gasteiger partial charge in [0, 0.05) is 28.6 Å². The number of nitro groups is 1. The van der Waals surface area contributed by atoms with Gasteiger partial charge in [-0.1, -0.05) is 12.1 Å². The number of amides is 1. The van der Waals surface area contributed by atoms with Crippen molar-refractivity contribution in [2.45, 2.75) is 0 Å². The van der Waals surface area contributed by atoms with Crippen LogP contribution in [0.4, 0.5) is 10.8 Å². The van der Waals surface area contributed by atoms with Crippen LogP contribution in [0, 0.1) is 10.1 Å². The van der Waals surface area contributed by atoms with Gasteiger partial charge in [0.05, 0.1) is 24.8 Å². The average Bonchev–Trinajstić information content (AvgIpc) is 3.49. The van der Waals surface area contributed by atoms with E-state index in [1.807, 2.05) is 11.4 Å². The number of aromatic nitrogens is 1. The minimum atomic E-state index is -0.488. The summed E-state index contributed by atoms with van der Waals surface area (Å²) >= 11 is 1.27. The Morgan fingerprint density at radius 1 is 1.06 bits per heavy atom. The predicted molar refractivity (Wildman–Crippen MR) is 119 cm³/mol. The minimum Gasteiger partial charge on any atom is -0.493 e. The molecule has 162 valence electrons. The fraction of sp³-hybridized carbons (Fsp3) is 0.0909. The molecule has 0 unspecified atom stereocenters. The van der Waals surface area contributed by atoms with Crippen LogP contribution in [0.2, 0.25) is 0 Å². The zero-order chi connectivity index (χ0) is 22.7. The average molecular weight is 451 g/mol. The standard InChI is InChI=1S/C22H17N3O6S/c1-29-18-7-6-13(11-20(18)30-2)16-12-32-22(23-16)24-21(26)19-9-8-17(31-19)14-4-3-5-15(10-14)25(27)28/h3-12H,1-2H3,(H,23,24,26). The van der Waals surface area contributed by atoms with E-state index in [2.05, 4.69) is 10.3 Å². The molecule has 0 bridgehead atoms. The van der Waals surface area contributed by atoms with Gasteiger partial charge in [-0.15, -0.1) is 11.3 Å². The Morgan fingerprint density at radius 3 is 2.62 bits per heavy atom. The molecule has 0 aliphatic carbocycles. The quantitative estimate of drug-likeness (QED) is 0.301. The number of thiazole rings is 1. The number of benzene rings is 2. The number of non-ortho nitro benzene ring substituents is 1. The number of rotatable bonds is 7. The highest BCUT2D eigenvalue weighted by molar-refractivity contribution is 7.14. The lowest BCUT2D eigenvalue weighted by Gasteiger charge is -2.08. The number of hydrogen-bond donors (Lipinski definition) is 1. The highest BCUT2D eigenvalue weighted by Gasteiger charge is 2.16. The molecule has 1 N–H and O–H groups in total. The number of nitro benzene ring substituents is 1. The molecular formula is C22H17N3O6S. The van der Waals surface area contributed by atoms with Crippen LogP contribution in [0.5, 0.6) is 11.5 Å². The number of carbonyl (C=O) groups is 1. The molecule has 4 rings (SSSR count). The number of anilines is 1. The van der Waals surface area contributed by atoms with Crippen LogP contribution in [-0.2, 0) is 0 Å². The Bertz CT molecular complexity index is 1300. The van der Waals surface area contributed by atoms with Crippen LogP contribution in [-0.4, -0.2) is 30.0 Å². The molecule has 10 heteroatoms. The van der Waals surface area contributed by atoms with Crippen molar-refractivity contribution in [3.8, 4) is 34.1 Å². The number of methoxy groups -OCH3 is 2. The Balaban J connectivity index is 1.50. The molecule has 32 heavy (non-hydrogen) atoms. The van der Waals surface area contributed by atoms with Crippen molar-refractivity contribution in [1.29, 1.82) is 0 Å². The SMILES string of the molecule is COc1ccc(-c2csc(NC(=O)c3ccc(-c4cccc([N+](=O)[O-])c4)o3)n2)cc1OC. The second-order valence-electron chi connectivity index (χ2n) is 6.53. The smallest absolute Gasteiger partial charge is 0.293 e. The van der Waals surface area contributed by atoms with E-state index in [0.29, 0.717) is 33.6 Å². The highest BCUT2D eigenvalue weighted by Crippen LogP contribution is 2.33. The largest absolute Gasteiger partial charge is 0.493 e.